The summed E-state index contributed by atoms with van der Waals surface area (Å²) < 4.78 is 0. The van der Waals surface area contributed by atoms with Crippen LogP contribution in [0.5, 0.6) is 0 Å². The molecule has 0 saturated carbocycles. The molecule has 2 N–H and O–H groups in total. The van der Waals surface area contributed by atoms with Crippen molar-refractivity contribution in [2.24, 2.45) is 5.92 Å². The number of amides is 2. The van der Waals surface area contributed by atoms with Crippen molar-refractivity contribution in [2.75, 3.05) is 6.54 Å². The van der Waals surface area contributed by atoms with Crippen LogP contribution in [-0.4, -0.2) is 24.4 Å². The highest BCUT2D eigenvalue weighted by molar-refractivity contribution is 7.09. The van der Waals surface area contributed by atoms with Crippen molar-refractivity contribution in [3.63, 3.8) is 0 Å². The van der Waals surface area contributed by atoms with Gasteiger partial charge in [-0.2, -0.15) is 0 Å². The van der Waals surface area contributed by atoms with Crippen LogP contribution in [0.15, 0.2) is 47.8 Å². The lowest BCUT2D eigenvalue weighted by Gasteiger charge is -2.21. The van der Waals surface area contributed by atoms with Gasteiger partial charge >= 0.3 is 0 Å². The number of carbonyl (C=O) groups excluding carboxylic acids is 2. The van der Waals surface area contributed by atoms with Crippen molar-refractivity contribution in [1.29, 1.82) is 0 Å². The Kier molecular flexibility index (Phi) is 6.35. The SMILES string of the molecule is CC(C)C(NC(=O)c1ccccc1)C(=O)NCCc1cccs1. The fourth-order valence-corrected chi connectivity index (χ4v) is 2.93. The molecule has 1 atom stereocenters. The predicted molar refractivity (Wildman–Crippen MR) is 93.6 cm³/mol. The second kappa shape index (κ2) is 8.48. The minimum Gasteiger partial charge on any atom is -0.354 e. The van der Waals surface area contributed by atoms with Crippen LogP contribution < -0.4 is 10.6 Å². The molecule has 5 heteroatoms. The molecule has 1 aromatic carbocycles. The minimum atomic E-state index is -0.536. The monoisotopic (exact) mass is 330 g/mol. The van der Waals surface area contributed by atoms with Gasteiger partial charge < -0.3 is 10.6 Å². The first kappa shape index (κ1) is 17.2. The summed E-state index contributed by atoms with van der Waals surface area (Å²) in [7, 11) is 0. The molecule has 122 valence electrons. The van der Waals surface area contributed by atoms with Gasteiger partial charge in [-0.25, -0.2) is 0 Å². The van der Waals surface area contributed by atoms with Gasteiger partial charge in [0.15, 0.2) is 0 Å². The maximum Gasteiger partial charge on any atom is 0.251 e. The van der Waals surface area contributed by atoms with E-state index in [9.17, 15) is 9.59 Å². The predicted octanol–water partition coefficient (Wildman–Crippen LogP) is 2.86. The Morgan fingerprint density at radius 3 is 2.43 bits per heavy atom. The molecule has 0 aliphatic carbocycles. The van der Waals surface area contributed by atoms with E-state index in [0.717, 1.165) is 6.42 Å². The highest BCUT2D eigenvalue weighted by Gasteiger charge is 2.24. The van der Waals surface area contributed by atoms with Gasteiger partial charge in [0.1, 0.15) is 6.04 Å². The molecule has 1 aromatic heterocycles. The first-order valence-corrected chi connectivity index (χ1v) is 8.62. The molecule has 0 aliphatic heterocycles. The van der Waals surface area contributed by atoms with E-state index in [1.54, 1.807) is 35.6 Å². The van der Waals surface area contributed by atoms with Crippen LogP contribution in [0.2, 0.25) is 0 Å². The van der Waals surface area contributed by atoms with Crippen molar-refractivity contribution >= 4 is 23.2 Å². The maximum absolute atomic E-state index is 12.4. The number of nitrogens with one attached hydrogen (secondary N) is 2. The Balaban J connectivity index is 1.89. The molecule has 4 nitrogen and oxygen atoms in total. The van der Waals surface area contributed by atoms with Gasteiger partial charge in [0.25, 0.3) is 5.91 Å². The van der Waals surface area contributed by atoms with Gasteiger partial charge in [-0.05, 0) is 35.9 Å². The van der Waals surface area contributed by atoms with Crippen LogP contribution in [-0.2, 0) is 11.2 Å². The first-order valence-electron chi connectivity index (χ1n) is 7.74. The number of hydrogen-bond acceptors (Lipinski definition) is 3. The van der Waals surface area contributed by atoms with Crippen LogP contribution in [0.4, 0.5) is 0 Å². The summed E-state index contributed by atoms with van der Waals surface area (Å²) in [4.78, 5) is 25.8. The average molecular weight is 330 g/mol. The fraction of sp³-hybridized carbons (Fsp3) is 0.333. The summed E-state index contributed by atoms with van der Waals surface area (Å²) in [5.41, 5.74) is 0.560. The smallest absolute Gasteiger partial charge is 0.251 e. The van der Waals surface area contributed by atoms with E-state index >= 15 is 0 Å². The summed E-state index contributed by atoms with van der Waals surface area (Å²) in [5.74, 6) is -0.344. The van der Waals surface area contributed by atoms with E-state index in [1.165, 1.54) is 4.88 Å². The van der Waals surface area contributed by atoms with Crippen LogP contribution in [0, 0.1) is 5.92 Å². The van der Waals surface area contributed by atoms with Crippen molar-refractivity contribution in [2.45, 2.75) is 26.3 Å². The van der Waals surface area contributed by atoms with E-state index in [1.807, 2.05) is 37.4 Å². The third kappa shape index (κ3) is 5.21. The largest absolute Gasteiger partial charge is 0.354 e. The molecule has 0 saturated heterocycles. The molecule has 2 rings (SSSR count). The maximum atomic E-state index is 12.4. The summed E-state index contributed by atoms with van der Waals surface area (Å²) in [6.07, 6.45) is 0.806. The van der Waals surface area contributed by atoms with Crippen molar-refractivity contribution in [3.8, 4) is 0 Å². The topological polar surface area (TPSA) is 58.2 Å². The van der Waals surface area contributed by atoms with Crippen LogP contribution in [0.25, 0.3) is 0 Å². The van der Waals surface area contributed by atoms with E-state index in [-0.39, 0.29) is 17.7 Å². The number of hydrogen-bond donors (Lipinski definition) is 2. The third-order valence-electron chi connectivity index (χ3n) is 3.52. The molecule has 0 radical (unpaired) electrons. The van der Waals surface area contributed by atoms with E-state index in [2.05, 4.69) is 10.6 Å². The number of thiophene rings is 1. The zero-order chi connectivity index (χ0) is 16.7. The Morgan fingerprint density at radius 2 is 1.83 bits per heavy atom. The van der Waals surface area contributed by atoms with Crippen molar-refractivity contribution in [1.82, 2.24) is 10.6 Å². The normalized spacial score (nSPS) is 12.0. The Labute approximate surface area is 140 Å². The zero-order valence-electron chi connectivity index (χ0n) is 13.4. The molecule has 23 heavy (non-hydrogen) atoms. The van der Waals surface area contributed by atoms with Crippen molar-refractivity contribution < 1.29 is 9.59 Å². The second-order valence-corrected chi connectivity index (χ2v) is 6.71. The van der Waals surface area contributed by atoms with Crippen LogP contribution in [0.1, 0.15) is 29.1 Å². The van der Waals surface area contributed by atoms with Crippen LogP contribution >= 0.6 is 11.3 Å². The quantitative estimate of drug-likeness (QED) is 0.820. The van der Waals surface area contributed by atoms with E-state index in [0.29, 0.717) is 12.1 Å². The molecule has 2 aromatic rings. The summed E-state index contributed by atoms with van der Waals surface area (Å²) >= 11 is 1.68. The Hall–Kier alpha value is -2.14. The summed E-state index contributed by atoms with van der Waals surface area (Å²) in [6, 6.07) is 12.5. The van der Waals surface area contributed by atoms with Gasteiger partial charge in [0, 0.05) is 17.0 Å². The Morgan fingerprint density at radius 1 is 1.09 bits per heavy atom. The molecule has 0 bridgehead atoms. The molecule has 2 amide bonds. The third-order valence-corrected chi connectivity index (χ3v) is 4.46. The lowest BCUT2D eigenvalue weighted by atomic mass is 10.0. The second-order valence-electron chi connectivity index (χ2n) is 5.68. The standard InChI is InChI=1S/C18H22N2O2S/c1-13(2)16(20-17(21)14-7-4-3-5-8-14)18(22)19-11-10-15-9-6-12-23-15/h3-9,12-13,16H,10-11H2,1-2H3,(H,19,22)(H,20,21). The van der Waals surface area contributed by atoms with Gasteiger partial charge in [-0.1, -0.05) is 38.1 Å². The molecule has 1 unspecified atom stereocenters. The molecular weight excluding hydrogens is 308 g/mol. The van der Waals surface area contributed by atoms with E-state index < -0.39 is 6.04 Å². The van der Waals surface area contributed by atoms with E-state index in [4.69, 9.17) is 0 Å². The molecule has 1 heterocycles. The van der Waals surface area contributed by atoms with Gasteiger partial charge in [-0.3, -0.25) is 9.59 Å². The minimum absolute atomic E-state index is 0.0180. The molecule has 0 spiro atoms. The van der Waals surface area contributed by atoms with Gasteiger partial charge in [-0.15, -0.1) is 11.3 Å². The fourth-order valence-electron chi connectivity index (χ4n) is 2.22. The molecule has 0 aliphatic rings. The lowest BCUT2D eigenvalue weighted by molar-refractivity contribution is -0.123. The Bertz CT molecular complexity index is 624. The van der Waals surface area contributed by atoms with Gasteiger partial charge in [0.05, 0.1) is 0 Å². The summed E-state index contributed by atoms with van der Waals surface area (Å²) in [5, 5.41) is 7.76. The molecular formula is C18H22N2O2S. The molecule has 0 fully saturated rings. The number of carbonyl (C=O) groups is 2. The first-order chi connectivity index (χ1) is 11.1. The van der Waals surface area contributed by atoms with Crippen molar-refractivity contribution in [3.05, 3.63) is 58.3 Å². The van der Waals surface area contributed by atoms with Crippen LogP contribution in [0.3, 0.4) is 0 Å². The van der Waals surface area contributed by atoms with Gasteiger partial charge in [0.2, 0.25) is 5.91 Å². The highest BCUT2D eigenvalue weighted by Crippen LogP contribution is 2.09. The average Bonchev–Trinajstić information content (AvgIpc) is 3.06. The lowest BCUT2D eigenvalue weighted by Crippen LogP contribution is -2.50. The zero-order valence-corrected chi connectivity index (χ0v) is 14.2. The number of benzene rings is 1. The highest BCUT2D eigenvalue weighted by atomic mass is 32.1. The summed E-state index contributed by atoms with van der Waals surface area (Å²) in [6.45, 7) is 4.42. The number of rotatable bonds is 7.